The van der Waals surface area contributed by atoms with Crippen molar-refractivity contribution < 1.29 is 4.39 Å². The SMILES string of the molecule is Fc1ccc(Br)cc1-c1cncnc1. The zero-order chi connectivity index (χ0) is 9.97. The molecule has 0 atom stereocenters. The second kappa shape index (κ2) is 3.84. The van der Waals surface area contributed by atoms with Crippen LogP contribution in [0.1, 0.15) is 0 Å². The fourth-order valence-electron chi connectivity index (χ4n) is 1.16. The minimum atomic E-state index is -0.275. The number of aromatic nitrogens is 2. The summed E-state index contributed by atoms with van der Waals surface area (Å²) in [5, 5.41) is 0. The Balaban J connectivity index is 2.57. The third-order valence-corrected chi connectivity index (χ3v) is 2.29. The average Bonchev–Trinajstić information content (AvgIpc) is 2.23. The van der Waals surface area contributed by atoms with Crippen LogP contribution in [-0.4, -0.2) is 9.97 Å². The van der Waals surface area contributed by atoms with Crippen LogP contribution in [0, 0.1) is 5.82 Å². The molecule has 1 aromatic heterocycles. The van der Waals surface area contributed by atoms with E-state index in [-0.39, 0.29) is 5.82 Å². The second-order valence-corrected chi connectivity index (χ2v) is 3.67. The van der Waals surface area contributed by atoms with E-state index in [9.17, 15) is 4.39 Å². The second-order valence-electron chi connectivity index (χ2n) is 2.75. The molecule has 4 heteroatoms. The minimum absolute atomic E-state index is 0.275. The minimum Gasteiger partial charge on any atom is -0.244 e. The number of hydrogen-bond donors (Lipinski definition) is 0. The standard InChI is InChI=1S/C10H6BrFN2/c11-8-1-2-10(12)9(3-8)7-4-13-6-14-5-7/h1-6H. The molecule has 0 aliphatic rings. The molecule has 0 N–H and O–H groups in total. The predicted molar refractivity (Wildman–Crippen MR) is 55.1 cm³/mol. The van der Waals surface area contributed by atoms with E-state index >= 15 is 0 Å². The van der Waals surface area contributed by atoms with Gasteiger partial charge in [-0.1, -0.05) is 15.9 Å². The molecule has 2 rings (SSSR count). The van der Waals surface area contributed by atoms with Crippen LogP contribution in [0.5, 0.6) is 0 Å². The van der Waals surface area contributed by atoms with Gasteiger partial charge < -0.3 is 0 Å². The van der Waals surface area contributed by atoms with Crippen LogP contribution in [0.25, 0.3) is 11.1 Å². The summed E-state index contributed by atoms with van der Waals surface area (Å²) in [6, 6.07) is 4.77. The highest BCUT2D eigenvalue weighted by Gasteiger charge is 2.05. The summed E-state index contributed by atoms with van der Waals surface area (Å²) in [4.78, 5) is 7.68. The highest BCUT2D eigenvalue weighted by atomic mass is 79.9. The van der Waals surface area contributed by atoms with E-state index in [1.165, 1.54) is 12.4 Å². The van der Waals surface area contributed by atoms with Gasteiger partial charge >= 0.3 is 0 Å². The summed E-state index contributed by atoms with van der Waals surface area (Å²) >= 11 is 3.29. The Morgan fingerprint density at radius 1 is 1.14 bits per heavy atom. The van der Waals surface area contributed by atoms with Gasteiger partial charge in [0.05, 0.1) is 0 Å². The van der Waals surface area contributed by atoms with Crippen LogP contribution in [-0.2, 0) is 0 Å². The lowest BCUT2D eigenvalue weighted by molar-refractivity contribution is 0.631. The van der Waals surface area contributed by atoms with Crippen LogP contribution in [0.15, 0.2) is 41.4 Å². The third kappa shape index (κ3) is 1.80. The highest BCUT2D eigenvalue weighted by molar-refractivity contribution is 9.10. The topological polar surface area (TPSA) is 25.8 Å². The van der Waals surface area contributed by atoms with Crippen molar-refractivity contribution in [1.29, 1.82) is 0 Å². The van der Waals surface area contributed by atoms with Gasteiger partial charge in [-0.25, -0.2) is 14.4 Å². The van der Waals surface area contributed by atoms with Crippen molar-refractivity contribution in [2.75, 3.05) is 0 Å². The normalized spacial score (nSPS) is 10.1. The summed E-state index contributed by atoms with van der Waals surface area (Å²) in [5.41, 5.74) is 1.17. The average molecular weight is 253 g/mol. The third-order valence-electron chi connectivity index (χ3n) is 1.80. The summed E-state index contributed by atoms with van der Waals surface area (Å²) < 4.78 is 14.2. The van der Waals surface area contributed by atoms with Gasteiger partial charge in [-0.3, -0.25) is 0 Å². The first-order valence-electron chi connectivity index (χ1n) is 3.98. The maximum atomic E-state index is 13.4. The summed E-state index contributed by atoms with van der Waals surface area (Å²) in [6.45, 7) is 0. The largest absolute Gasteiger partial charge is 0.244 e. The molecule has 0 saturated heterocycles. The van der Waals surface area contributed by atoms with Crippen molar-refractivity contribution in [2.24, 2.45) is 0 Å². The molecule has 0 unspecified atom stereocenters. The molecule has 0 bridgehead atoms. The Bertz CT molecular complexity index is 445. The molecule has 0 radical (unpaired) electrons. The smallest absolute Gasteiger partial charge is 0.131 e. The van der Waals surface area contributed by atoms with E-state index in [1.54, 1.807) is 24.5 Å². The molecule has 14 heavy (non-hydrogen) atoms. The molecular formula is C10H6BrFN2. The quantitative estimate of drug-likeness (QED) is 0.780. The van der Waals surface area contributed by atoms with Crippen molar-refractivity contribution in [2.45, 2.75) is 0 Å². The van der Waals surface area contributed by atoms with E-state index in [4.69, 9.17) is 0 Å². The van der Waals surface area contributed by atoms with Gasteiger partial charge in [0, 0.05) is 28.0 Å². The van der Waals surface area contributed by atoms with Crippen LogP contribution < -0.4 is 0 Å². The van der Waals surface area contributed by atoms with E-state index in [2.05, 4.69) is 25.9 Å². The number of rotatable bonds is 1. The number of nitrogens with zero attached hydrogens (tertiary/aromatic N) is 2. The molecule has 70 valence electrons. The summed E-state index contributed by atoms with van der Waals surface area (Å²) in [6.07, 6.45) is 4.58. The van der Waals surface area contributed by atoms with Crippen molar-refractivity contribution in [3.8, 4) is 11.1 Å². The van der Waals surface area contributed by atoms with E-state index < -0.39 is 0 Å². The Labute approximate surface area is 89.0 Å². The van der Waals surface area contributed by atoms with Gasteiger partial charge in [0.1, 0.15) is 12.1 Å². The zero-order valence-corrected chi connectivity index (χ0v) is 8.70. The lowest BCUT2D eigenvalue weighted by atomic mass is 10.1. The van der Waals surface area contributed by atoms with E-state index in [0.29, 0.717) is 11.1 Å². The molecule has 0 amide bonds. The molecule has 0 fully saturated rings. The number of hydrogen-bond acceptors (Lipinski definition) is 2. The lowest BCUT2D eigenvalue weighted by Gasteiger charge is -2.02. The molecule has 1 heterocycles. The Morgan fingerprint density at radius 3 is 2.57 bits per heavy atom. The molecular weight excluding hydrogens is 247 g/mol. The van der Waals surface area contributed by atoms with Gasteiger partial charge in [0.2, 0.25) is 0 Å². The monoisotopic (exact) mass is 252 g/mol. The zero-order valence-electron chi connectivity index (χ0n) is 7.11. The maximum absolute atomic E-state index is 13.4. The van der Waals surface area contributed by atoms with Crippen LogP contribution in [0.2, 0.25) is 0 Å². The Kier molecular flexibility index (Phi) is 2.54. The number of halogens is 2. The molecule has 0 spiro atoms. The predicted octanol–water partition coefficient (Wildman–Crippen LogP) is 3.05. The van der Waals surface area contributed by atoms with Crippen LogP contribution in [0.3, 0.4) is 0 Å². The highest BCUT2D eigenvalue weighted by Crippen LogP contribution is 2.24. The van der Waals surface area contributed by atoms with Gasteiger partial charge in [0.25, 0.3) is 0 Å². The first-order valence-corrected chi connectivity index (χ1v) is 4.77. The molecule has 0 aliphatic carbocycles. The molecule has 0 aliphatic heterocycles. The molecule has 2 nitrogen and oxygen atoms in total. The van der Waals surface area contributed by atoms with Gasteiger partial charge in [-0.2, -0.15) is 0 Å². The molecule has 1 aromatic carbocycles. The summed E-state index contributed by atoms with van der Waals surface area (Å²) in [5.74, 6) is -0.275. The lowest BCUT2D eigenvalue weighted by Crippen LogP contribution is -1.86. The van der Waals surface area contributed by atoms with Crippen molar-refractivity contribution in [3.05, 3.63) is 47.2 Å². The van der Waals surface area contributed by atoms with Crippen LogP contribution >= 0.6 is 15.9 Å². The molecule has 2 aromatic rings. The Morgan fingerprint density at radius 2 is 1.86 bits per heavy atom. The van der Waals surface area contributed by atoms with Gasteiger partial charge in [-0.15, -0.1) is 0 Å². The van der Waals surface area contributed by atoms with Gasteiger partial charge in [-0.05, 0) is 18.2 Å². The number of benzene rings is 1. The van der Waals surface area contributed by atoms with Crippen molar-refractivity contribution in [1.82, 2.24) is 9.97 Å². The van der Waals surface area contributed by atoms with Crippen LogP contribution in [0.4, 0.5) is 4.39 Å². The fraction of sp³-hybridized carbons (Fsp3) is 0. The van der Waals surface area contributed by atoms with E-state index in [1.807, 2.05) is 0 Å². The fourth-order valence-corrected chi connectivity index (χ4v) is 1.52. The first kappa shape index (κ1) is 9.27. The summed E-state index contributed by atoms with van der Waals surface area (Å²) in [7, 11) is 0. The van der Waals surface area contributed by atoms with Crippen molar-refractivity contribution >= 4 is 15.9 Å². The van der Waals surface area contributed by atoms with Crippen molar-refractivity contribution in [3.63, 3.8) is 0 Å². The Hall–Kier alpha value is -1.29. The first-order chi connectivity index (χ1) is 6.77. The maximum Gasteiger partial charge on any atom is 0.131 e. The van der Waals surface area contributed by atoms with Gasteiger partial charge in [0.15, 0.2) is 0 Å². The molecule has 0 saturated carbocycles. The van der Waals surface area contributed by atoms with E-state index in [0.717, 1.165) is 4.47 Å².